The number of hydrogen-bond acceptors (Lipinski definition) is 3. The summed E-state index contributed by atoms with van der Waals surface area (Å²) in [7, 11) is 0. The van der Waals surface area contributed by atoms with Crippen LogP contribution in [0.5, 0.6) is 0 Å². The topological polar surface area (TPSA) is 46.5 Å². The third-order valence-corrected chi connectivity index (χ3v) is 13.8. The van der Waals surface area contributed by atoms with Crippen LogP contribution in [0.25, 0.3) is 0 Å². The van der Waals surface area contributed by atoms with Gasteiger partial charge in [0.2, 0.25) is 0 Å². The monoisotopic (exact) mass is 522 g/mol. The van der Waals surface area contributed by atoms with Crippen LogP contribution in [0.2, 0.25) is 0 Å². The molecule has 3 heteroatoms. The molecule has 1 aromatic rings. The highest BCUT2D eigenvalue weighted by Gasteiger charge is 2.69. The summed E-state index contributed by atoms with van der Waals surface area (Å²) in [4.78, 5) is 13.9. The standard InChI is InChI=1S/C35H54O3/c1-8-18-35(30(37)38-23-25-12-10-9-11-13-25)22-21-33(6)26(24(35)2)14-15-28-32(5)19-17-29(36)31(3,4)27(32)16-20-34(28,33)7/h9-13,24,26-29,36H,8,14-23H2,1-7H3/t24?,26?,27?,28?,29?,32?,33-,34?,35?/m1/s1. The van der Waals surface area contributed by atoms with Crippen molar-refractivity contribution in [1.82, 2.24) is 0 Å². The van der Waals surface area contributed by atoms with E-state index in [-0.39, 0.29) is 33.7 Å². The van der Waals surface area contributed by atoms with Gasteiger partial charge in [-0.3, -0.25) is 4.79 Å². The summed E-state index contributed by atoms with van der Waals surface area (Å²) in [5.41, 5.74) is 1.50. The molecule has 0 aliphatic heterocycles. The summed E-state index contributed by atoms with van der Waals surface area (Å²) in [6, 6.07) is 10.1. The van der Waals surface area contributed by atoms with Gasteiger partial charge in [0.25, 0.3) is 0 Å². The minimum absolute atomic E-state index is 0.00920. The molecule has 0 amide bonds. The molecule has 1 aromatic carbocycles. The normalized spacial score (nSPS) is 45.8. The Morgan fingerprint density at radius 2 is 1.61 bits per heavy atom. The highest BCUT2D eigenvalue weighted by atomic mass is 16.5. The van der Waals surface area contributed by atoms with Gasteiger partial charge in [0.05, 0.1) is 11.5 Å². The van der Waals surface area contributed by atoms with Gasteiger partial charge >= 0.3 is 5.97 Å². The molecule has 0 radical (unpaired) electrons. The highest BCUT2D eigenvalue weighted by Crippen LogP contribution is 2.75. The van der Waals surface area contributed by atoms with Crippen molar-refractivity contribution in [1.29, 1.82) is 0 Å². The first kappa shape index (κ1) is 28.2. The first-order chi connectivity index (χ1) is 17.9. The van der Waals surface area contributed by atoms with Gasteiger partial charge in [-0.2, -0.15) is 0 Å². The smallest absolute Gasteiger partial charge is 0.312 e. The summed E-state index contributed by atoms with van der Waals surface area (Å²) < 4.78 is 6.10. The van der Waals surface area contributed by atoms with Crippen LogP contribution in [0.4, 0.5) is 0 Å². The van der Waals surface area contributed by atoms with Crippen LogP contribution in [0.3, 0.4) is 0 Å². The first-order valence-corrected chi connectivity index (χ1v) is 15.8. The van der Waals surface area contributed by atoms with E-state index < -0.39 is 0 Å². The number of aliphatic hydroxyl groups is 1. The molecule has 4 saturated carbocycles. The van der Waals surface area contributed by atoms with E-state index in [1.165, 1.54) is 25.7 Å². The number of rotatable bonds is 5. The lowest BCUT2D eigenvalue weighted by Gasteiger charge is -2.72. The van der Waals surface area contributed by atoms with E-state index in [1.807, 2.05) is 30.3 Å². The second kappa shape index (κ2) is 9.64. The van der Waals surface area contributed by atoms with Crippen LogP contribution in [-0.4, -0.2) is 17.2 Å². The Hall–Kier alpha value is -1.35. The van der Waals surface area contributed by atoms with Gasteiger partial charge in [0, 0.05) is 0 Å². The van der Waals surface area contributed by atoms with E-state index in [2.05, 4.69) is 48.5 Å². The number of hydrogen-bond donors (Lipinski definition) is 1. The number of benzene rings is 1. The van der Waals surface area contributed by atoms with Gasteiger partial charge < -0.3 is 9.84 Å². The van der Waals surface area contributed by atoms with Crippen LogP contribution in [0.1, 0.15) is 118 Å². The molecule has 0 saturated heterocycles. The number of carbonyl (C=O) groups is 1. The predicted molar refractivity (Wildman–Crippen MR) is 154 cm³/mol. The van der Waals surface area contributed by atoms with Crippen molar-refractivity contribution in [2.45, 2.75) is 125 Å². The molecule has 0 bridgehead atoms. The van der Waals surface area contributed by atoms with Crippen LogP contribution >= 0.6 is 0 Å². The molecule has 0 heterocycles. The zero-order valence-electron chi connectivity index (χ0n) is 25.3. The van der Waals surface area contributed by atoms with Gasteiger partial charge in [0.15, 0.2) is 0 Å². The van der Waals surface area contributed by atoms with Gasteiger partial charge in [-0.1, -0.05) is 85.2 Å². The second-order valence-corrected chi connectivity index (χ2v) is 15.3. The molecular weight excluding hydrogens is 468 g/mol. The van der Waals surface area contributed by atoms with Crippen LogP contribution in [-0.2, 0) is 16.1 Å². The Bertz CT molecular complexity index is 1020. The lowest BCUT2D eigenvalue weighted by atomic mass is 9.32. The lowest BCUT2D eigenvalue weighted by Crippen LogP contribution is -2.67. The summed E-state index contributed by atoms with van der Waals surface area (Å²) in [5, 5.41) is 11.0. The molecule has 9 atom stereocenters. The fourth-order valence-corrected chi connectivity index (χ4v) is 11.4. The van der Waals surface area contributed by atoms with E-state index in [0.29, 0.717) is 35.7 Å². The van der Waals surface area contributed by atoms with Gasteiger partial charge in [0.1, 0.15) is 6.61 Å². The average Bonchev–Trinajstić information content (AvgIpc) is 2.88. The van der Waals surface area contributed by atoms with Crippen LogP contribution in [0.15, 0.2) is 30.3 Å². The first-order valence-electron chi connectivity index (χ1n) is 15.8. The highest BCUT2D eigenvalue weighted by molar-refractivity contribution is 5.77. The van der Waals surface area contributed by atoms with Gasteiger partial charge in [-0.25, -0.2) is 0 Å². The average molecular weight is 523 g/mol. The van der Waals surface area contributed by atoms with E-state index in [9.17, 15) is 9.90 Å². The van der Waals surface area contributed by atoms with E-state index in [1.54, 1.807) is 0 Å². The van der Waals surface area contributed by atoms with Crippen LogP contribution in [0, 0.1) is 50.7 Å². The number of carbonyl (C=O) groups excluding carboxylic acids is 1. The lowest BCUT2D eigenvalue weighted by molar-refractivity contribution is -0.248. The number of fused-ring (bicyclic) bond motifs is 5. The Labute approximate surface area is 232 Å². The summed E-state index contributed by atoms with van der Waals surface area (Å²) in [5.74, 6) is 2.21. The summed E-state index contributed by atoms with van der Waals surface area (Å²) >= 11 is 0. The molecule has 4 aliphatic rings. The van der Waals surface area contributed by atoms with Crippen molar-refractivity contribution >= 4 is 5.97 Å². The maximum atomic E-state index is 13.9. The van der Waals surface area contributed by atoms with E-state index >= 15 is 0 Å². The molecule has 212 valence electrons. The van der Waals surface area contributed by atoms with Gasteiger partial charge in [-0.05, 0) is 109 Å². The third-order valence-electron chi connectivity index (χ3n) is 13.8. The Kier molecular flexibility index (Phi) is 7.15. The van der Waals surface area contributed by atoms with Gasteiger partial charge in [-0.15, -0.1) is 0 Å². The molecule has 5 rings (SSSR count). The Morgan fingerprint density at radius 3 is 2.29 bits per heavy atom. The molecule has 4 fully saturated rings. The van der Waals surface area contributed by atoms with Crippen molar-refractivity contribution < 1.29 is 14.6 Å². The molecule has 8 unspecified atom stereocenters. The maximum absolute atomic E-state index is 13.9. The molecule has 38 heavy (non-hydrogen) atoms. The van der Waals surface area contributed by atoms with Crippen molar-refractivity contribution in [2.24, 2.45) is 50.7 Å². The number of esters is 1. The van der Waals surface area contributed by atoms with Crippen molar-refractivity contribution in [2.75, 3.05) is 0 Å². The minimum Gasteiger partial charge on any atom is -0.460 e. The Balaban J connectivity index is 1.42. The fourth-order valence-electron chi connectivity index (χ4n) is 11.4. The van der Waals surface area contributed by atoms with E-state index in [4.69, 9.17) is 4.74 Å². The molecule has 0 spiro atoms. The molecule has 3 nitrogen and oxygen atoms in total. The fraction of sp³-hybridized carbons (Fsp3) is 0.800. The number of aliphatic hydroxyl groups excluding tert-OH is 1. The molecule has 1 N–H and O–H groups in total. The second-order valence-electron chi connectivity index (χ2n) is 15.3. The quantitative estimate of drug-likeness (QED) is 0.394. The molecular formula is C35H54O3. The number of ether oxygens (including phenoxy) is 1. The minimum atomic E-state index is -0.366. The zero-order valence-corrected chi connectivity index (χ0v) is 25.3. The maximum Gasteiger partial charge on any atom is 0.312 e. The van der Waals surface area contributed by atoms with Crippen molar-refractivity contribution in [3.05, 3.63) is 35.9 Å². The predicted octanol–water partition coefficient (Wildman–Crippen LogP) is 8.58. The largest absolute Gasteiger partial charge is 0.460 e. The van der Waals surface area contributed by atoms with E-state index in [0.717, 1.165) is 44.1 Å². The Morgan fingerprint density at radius 1 is 0.895 bits per heavy atom. The zero-order chi connectivity index (χ0) is 27.6. The molecule has 0 aromatic heterocycles. The third kappa shape index (κ3) is 3.87. The van der Waals surface area contributed by atoms with Crippen molar-refractivity contribution in [3.63, 3.8) is 0 Å². The molecule has 4 aliphatic carbocycles. The summed E-state index contributed by atoms with van der Waals surface area (Å²) in [6.45, 7) is 17.5. The SMILES string of the molecule is CCCC1(C(=O)OCc2ccccc2)CC[C@]2(C)C(CCC3C4(C)CCC(O)C(C)(C)C4CCC32C)C1C. The van der Waals surface area contributed by atoms with Crippen molar-refractivity contribution in [3.8, 4) is 0 Å². The summed E-state index contributed by atoms with van der Waals surface area (Å²) in [6.07, 6.45) is 10.9. The van der Waals surface area contributed by atoms with Crippen LogP contribution < -0.4 is 0 Å².